The number of thioether (sulfide) groups is 1. The molecular formula is C25H25N3O5S. The standard InChI is InChI=1S/C25H25N3O5S/c1-33-20-10-3-2-9-19(20)28-23(31)16-34-25(28)18-8-6-7-17(15-18)24(32)26-13-4-5-14-27-21(29)11-12-22(27)30/h2-3,6-12,15,25H,4-5,13-14,16H2,1H3,(H,26,32). The maximum Gasteiger partial charge on any atom is 0.253 e. The number of carbonyl (C=O) groups is 4. The first kappa shape index (κ1) is 23.6. The normalized spacial score (nSPS) is 17.6. The second-order valence-electron chi connectivity index (χ2n) is 7.85. The van der Waals surface area contributed by atoms with Crippen molar-refractivity contribution in [1.29, 1.82) is 0 Å². The minimum atomic E-state index is -0.295. The molecule has 4 amide bonds. The molecule has 2 aliphatic rings. The van der Waals surface area contributed by atoms with Crippen molar-refractivity contribution in [1.82, 2.24) is 10.2 Å². The summed E-state index contributed by atoms with van der Waals surface area (Å²) in [6.45, 7) is 0.762. The smallest absolute Gasteiger partial charge is 0.253 e. The van der Waals surface area contributed by atoms with Crippen molar-refractivity contribution in [2.45, 2.75) is 18.2 Å². The molecule has 2 aromatic carbocycles. The molecule has 4 rings (SSSR count). The predicted molar refractivity (Wildman–Crippen MR) is 130 cm³/mol. The average molecular weight is 480 g/mol. The lowest BCUT2D eigenvalue weighted by molar-refractivity contribution is -0.136. The molecule has 0 aliphatic carbocycles. The molecule has 9 heteroatoms. The Balaban J connectivity index is 1.37. The monoisotopic (exact) mass is 479 g/mol. The van der Waals surface area contributed by atoms with E-state index in [1.807, 2.05) is 36.4 Å². The molecule has 1 saturated heterocycles. The fourth-order valence-electron chi connectivity index (χ4n) is 3.94. The maximum absolute atomic E-state index is 12.7. The van der Waals surface area contributed by atoms with Crippen molar-refractivity contribution in [3.05, 3.63) is 71.8 Å². The highest BCUT2D eigenvalue weighted by Gasteiger charge is 2.35. The topological polar surface area (TPSA) is 96.0 Å². The Morgan fingerprint density at radius 3 is 2.59 bits per heavy atom. The van der Waals surface area contributed by atoms with E-state index in [4.69, 9.17) is 4.74 Å². The lowest BCUT2D eigenvalue weighted by Crippen LogP contribution is -2.31. The van der Waals surface area contributed by atoms with E-state index in [1.165, 1.54) is 28.8 Å². The molecule has 2 aromatic rings. The third kappa shape index (κ3) is 4.99. The zero-order chi connectivity index (χ0) is 24.1. The number of ether oxygens (including phenoxy) is 1. The zero-order valence-electron chi connectivity index (χ0n) is 18.7. The molecule has 1 fully saturated rings. The Morgan fingerprint density at radius 1 is 1.06 bits per heavy atom. The second kappa shape index (κ2) is 10.6. The van der Waals surface area contributed by atoms with Gasteiger partial charge in [0.1, 0.15) is 11.1 Å². The van der Waals surface area contributed by atoms with Gasteiger partial charge in [0.25, 0.3) is 17.7 Å². The van der Waals surface area contributed by atoms with Crippen LogP contribution >= 0.6 is 11.8 Å². The van der Waals surface area contributed by atoms with Crippen molar-refractivity contribution >= 4 is 41.1 Å². The summed E-state index contributed by atoms with van der Waals surface area (Å²) in [7, 11) is 1.57. The zero-order valence-corrected chi connectivity index (χ0v) is 19.5. The highest BCUT2D eigenvalue weighted by atomic mass is 32.2. The molecule has 1 unspecified atom stereocenters. The van der Waals surface area contributed by atoms with Crippen LogP contribution in [-0.2, 0) is 14.4 Å². The van der Waals surface area contributed by atoms with E-state index >= 15 is 0 Å². The van der Waals surface area contributed by atoms with Gasteiger partial charge in [0.05, 0.1) is 18.6 Å². The van der Waals surface area contributed by atoms with Gasteiger partial charge in [-0.05, 0) is 42.7 Å². The maximum atomic E-state index is 12.7. The Bertz CT molecular complexity index is 1130. The van der Waals surface area contributed by atoms with Crippen molar-refractivity contribution in [3.8, 4) is 5.75 Å². The lowest BCUT2D eigenvalue weighted by Gasteiger charge is -2.26. The minimum absolute atomic E-state index is 0.0143. The lowest BCUT2D eigenvalue weighted by atomic mass is 10.1. The third-order valence-electron chi connectivity index (χ3n) is 5.64. The summed E-state index contributed by atoms with van der Waals surface area (Å²) in [5.74, 6) is 0.142. The molecule has 0 radical (unpaired) electrons. The van der Waals surface area contributed by atoms with E-state index in [9.17, 15) is 19.2 Å². The fraction of sp³-hybridized carbons (Fsp3) is 0.280. The van der Waals surface area contributed by atoms with Crippen LogP contribution in [0.1, 0.15) is 34.1 Å². The molecular weight excluding hydrogens is 454 g/mol. The molecule has 8 nitrogen and oxygen atoms in total. The number of unbranched alkanes of at least 4 members (excludes halogenated alkanes) is 1. The highest BCUT2D eigenvalue weighted by Crippen LogP contribution is 2.44. The number of rotatable bonds is 9. The second-order valence-corrected chi connectivity index (χ2v) is 8.92. The molecule has 176 valence electrons. The van der Waals surface area contributed by atoms with Crippen molar-refractivity contribution in [2.75, 3.05) is 30.9 Å². The van der Waals surface area contributed by atoms with Crippen molar-refractivity contribution < 1.29 is 23.9 Å². The van der Waals surface area contributed by atoms with Crippen LogP contribution in [0, 0.1) is 0 Å². The molecule has 2 aliphatic heterocycles. The van der Waals surface area contributed by atoms with Gasteiger partial charge in [-0.15, -0.1) is 11.8 Å². The van der Waals surface area contributed by atoms with E-state index in [0.29, 0.717) is 48.7 Å². The number of hydrogen-bond acceptors (Lipinski definition) is 6. The molecule has 0 spiro atoms. The van der Waals surface area contributed by atoms with E-state index in [2.05, 4.69) is 5.32 Å². The SMILES string of the molecule is COc1ccccc1N1C(=O)CSC1c1cccc(C(=O)NCCCCN2C(=O)C=CC2=O)c1. The quantitative estimate of drug-likeness (QED) is 0.439. The molecule has 0 saturated carbocycles. The summed E-state index contributed by atoms with van der Waals surface area (Å²) in [4.78, 5) is 51.5. The van der Waals surface area contributed by atoms with Crippen molar-refractivity contribution in [3.63, 3.8) is 0 Å². The predicted octanol–water partition coefficient (Wildman–Crippen LogP) is 2.91. The first-order chi connectivity index (χ1) is 16.5. The highest BCUT2D eigenvalue weighted by molar-refractivity contribution is 8.00. The van der Waals surface area contributed by atoms with Crippen molar-refractivity contribution in [2.24, 2.45) is 0 Å². The Kier molecular flexibility index (Phi) is 7.32. The van der Waals surface area contributed by atoms with Gasteiger partial charge in [0.2, 0.25) is 5.91 Å². The van der Waals surface area contributed by atoms with Crippen LogP contribution in [0.15, 0.2) is 60.7 Å². The fourth-order valence-corrected chi connectivity index (χ4v) is 5.10. The van der Waals surface area contributed by atoms with Gasteiger partial charge in [0, 0.05) is 30.8 Å². The van der Waals surface area contributed by atoms with Gasteiger partial charge >= 0.3 is 0 Å². The summed E-state index contributed by atoms with van der Waals surface area (Å²) >= 11 is 1.51. The number of methoxy groups -OCH3 is 1. The number of imide groups is 1. The molecule has 2 heterocycles. The first-order valence-corrected chi connectivity index (χ1v) is 12.0. The molecule has 0 aromatic heterocycles. The number of nitrogens with zero attached hydrogens (tertiary/aromatic N) is 2. The number of hydrogen-bond donors (Lipinski definition) is 1. The first-order valence-electron chi connectivity index (χ1n) is 11.0. The van der Waals surface area contributed by atoms with E-state index in [-0.39, 0.29) is 29.0 Å². The number of amides is 4. The Labute approximate surface area is 201 Å². The number of carbonyl (C=O) groups excluding carboxylic acids is 4. The number of nitrogens with one attached hydrogen (secondary N) is 1. The van der Waals surface area contributed by atoms with Crippen LogP contribution in [0.3, 0.4) is 0 Å². The van der Waals surface area contributed by atoms with E-state index < -0.39 is 0 Å². The molecule has 1 N–H and O–H groups in total. The van der Waals surface area contributed by atoms with Crippen LogP contribution in [0.5, 0.6) is 5.75 Å². The van der Waals surface area contributed by atoms with Gasteiger partial charge < -0.3 is 10.1 Å². The molecule has 1 atom stereocenters. The van der Waals surface area contributed by atoms with Crippen LogP contribution < -0.4 is 15.0 Å². The minimum Gasteiger partial charge on any atom is -0.495 e. The number of benzene rings is 2. The van der Waals surface area contributed by atoms with Gasteiger partial charge in [-0.1, -0.05) is 24.3 Å². The summed E-state index contributed by atoms with van der Waals surface area (Å²) in [6, 6.07) is 14.7. The average Bonchev–Trinajstić information content (AvgIpc) is 3.40. The summed E-state index contributed by atoms with van der Waals surface area (Å²) in [5.41, 5.74) is 2.06. The summed E-state index contributed by atoms with van der Waals surface area (Å²) in [5, 5.41) is 2.62. The van der Waals surface area contributed by atoms with Crippen LogP contribution in [0.4, 0.5) is 5.69 Å². The molecule has 0 bridgehead atoms. The third-order valence-corrected chi connectivity index (χ3v) is 6.85. The number of para-hydroxylation sites is 2. The largest absolute Gasteiger partial charge is 0.495 e. The van der Waals surface area contributed by atoms with Gasteiger partial charge in [0.15, 0.2) is 0 Å². The summed E-state index contributed by atoms with van der Waals surface area (Å²) in [6.07, 6.45) is 3.77. The summed E-state index contributed by atoms with van der Waals surface area (Å²) < 4.78 is 5.45. The number of anilines is 1. The Morgan fingerprint density at radius 2 is 1.82 bits per heavy atom. The van der Waals surface area contributed by atoms with Gasteiger partial charge in [-0.25, -0.2) is 0 Å². The molecule has 34 heavy (non-hydrogen) atoms. The van der Waals surface area contributed by atoms with Crippen LogP contribution in [-0.4, -0.2) is 54.5 Å². The van der Waals surface area contributed by atoms with Crippen LogP contribution in [0.2, 0.25) is 0 Å². The van der Waals surface area contributed by atoms with Crippen LogP contribution in [0.25, 0.3) is 0 Å². The van der Waals surface area contributed by atoms with E-state index in [0.717, 1.165) is 5.56 Å². The van der Waals surface area contributed by atoms with Gasteiger partial charge in [-0.3, -0.25) is 29.0 Å². The van der Waals surface area contributed by atoms with Gasteiger partial charge in [-0.2, -0.15) is 0 Å². The Hall–Kier alpha value is -3.59. The van der Waals surface area contributed by atoms with E-state index in [1.54, 1.807) is 24.1 Å².